The van der Waals surface area contributed by atoms with Crippen LogP contribution in [-0.2, 0) is 26.2 Å². The fraction of sp³-hybridized carbons (Fsp3) is 0.333. The fourth-order valence-corrected chi connectivity index (χ4v) is 5.76. The zero-order valence-electron chi connectivity index (χ0n) is 23.7. The van der Waals surface area contributed by atoms with Crippen LogP contribution in [0.4, 0.5) is 5.69 Å². The lowest BCUT2D eigenvalue weighted by Gasteiger charge is -2.33. The normalized spacial score (nSPS) is 11.8. The summed E-state index contributed by atoms with van der Waals surface area (Å²) in [6.07, 6.45) is 1.07. The smallest absolute Gasteiger partial charge is 0.264 e. The number of benzene rings is 3. The Morgan fingerprint density at radius 2 is 1.44 bits per heavy atom. The molecule has 0 heterocycles. The third-order valence-electron chi connectivity index (χ3n) is 6.49. The van der Waals surface area contributed by atoms with Crippen molar-refractivity contribution in [2.24, 2.45) is 0 Å². The Hall–Kier alpha value is -3.76. The molecule has 220 valence electrons. The molecule has 0 spiro atoms. The molecule has 0 bridgehead atoms. The van der Waals surface area contributed by atoms with Crippen LogP contribution in [-0.4, -0.2) is 58.5 Å². The Labute approximate surface area is 247 Å². The van der Waals surface area contributed by atoms with Crippen molar-refractivity contribution in [2.75, 3.05) is 31.6 Å². The van der Waals surface area contributed by atoms with E-state index in [1.165, 1.54) is 48.4 Å². The molecule has 3 rings (SSSR count). The highest BCUT2D eigenvalue weighted by atomic mass is 35.5. The minimum absolute atomic E-state index is 0.0181. The average molecular weight is 602 g/mol. The molecule has 0 saturated heterocycles. The van der Waals surface area contributed by atoms with Crippen molar-refractivity contribution >= 4 is 39.1 Å². The van der Waals surface area contributed by atoms with Gasteiger partial charge in [0, 0.05) is 18.1 Å². The monoisotopic (exact) mass is 601 g/mol. The molecule has 0 aliphatic carbocycles. The lowest BCUT2D eigenvalue weighted by molar-refractivity contribution is -0.140. The summed E-state index contributed by atoms with van der Waals surface area (Å²) in [5.41, 5.74) is 1.02. The number of hydrogen-bond acceptors (Lipinski definition) is 6. The third kappa shape index (κ3) is 8.14. The third-order valence-corrected chi connectivity index (χ3v) is 8.53. The number of nitrogens with zero attached hydrogens (tertiary/aromatic N) is 2. The highest BCUT2D eigenvalue weighted by Gasteiger charge is 2.33. The summed E-state index contributed by atoms with van der Waals surface area (Å²) in [5.74, 6) is 0.310. The first-order valence-corrected chi connectivity index (χ1v) is 15.1. The van der Waals surface area contributed by atoms with E-state index in [9.17, 15) is 18.0 Å². The molecule has 41 heavy (non-hydrogen) atoms. The first kappa shape index (κ1) is 31.8. The Kier molecular flexibility index (Phi) is 11.4. The molecule has 0 fully saturated rings. The van der Waals surface area contributed by atoms with E-state index in [1.807, 2.05) is 13.8 Å². The molecular formula is C30H36ClN3O6S. The Morgan fingerprint density at radius 1 is 0.878 bits per heavy atom. The summed E-state index contributed by atoms with van der Waals surface area (Å²) in [6, 6.07) is 18.4. The molecule has 0 aromatic heterocycles. The van der Waals surface area contributed by atoms with Crippen molar-refractivity contribution in [3.05, 3.63) is 83.4 Å². The Bertz CT molecular complexity index is 1400. The number of hydrogen-bond donors (Lipinski definition) is 1. The van der Waals surface area contributed by atoms with Crippen LogP contribution in [0.5, 0.6) is 11.5 Å². The van der Waals surface area contributed by atoms with Gasteiger partial charge in [-0.15, -0.1) is 0 Å². The summed E-state index contributed by atoms with van der Waals surface area (Å²) in [6.45, 7) is 3.77. The minimum Gasteiger partial charge on any atom is -0.497 e. The van der Waals surface area contributed by atoms with E-state index in [4.69, 9.17) is 21.1 Å². The Balaban J connectivity index is 2.04. The number of anilines is 1. The van der Waals surface area contributed by atoms with E-state index in [-0.39, 0.29) is 23.0 Å². The maximum absolute atomic E-state index is 14.0. The molecule has 1 N–H and O–H groups in total. The zero-order chi connectivity index (χ0) is 30.0. The second-order valence-corrected chi connectivity index (χ2v) is 11.5. The van der Waals surface area contributed by atoms with Crippen molar-refractivity contribution in [3.63, 3.8) is 0 Å². The van der Waals surface area contributed by atoms with Gasteiger partial charge in [-0.05, 0) is 79.1 Å². The van der Waals surface area contributed by atoms with Gasteiger partial charge in [-0.25, -0.2) is 8.42 Å². The number of carbonyl (C=O) groups is 2. The van der Waals surface area contributed by atoms with Crippen LogP contribution in [0.25, 0.3) is 0 Å². The van der Waals surface area contributed by atoms with Gasteiger partial charge in [0.05, 0.1) is 24.8 Å². The molecule has 9 nitrogen and oxygen atoms in total. The highest BCUT2D eigenvalue weighted by molar-refractivity contribution is 7.92. The first-order valence-electron chi connectivity index (χ1n) is 13.3. The number of carbonyl (C=O) groups excluding carboxylic acids is 2. The lowest BCUT2D eigenvalue weighted by atomic mass is 10.1. The number of nitrogens with one attached hydrogen (secondary N) is 1. The van der Waals surface area contributed by atoms with E-state index in [2.05, 4.69) is 5.32 Å². The van der Waals surface area contributed by atoms with E-state index in [0.717, 1.165) is 16.3 Å². The topological polar surface area (TPSA) is 105 Å². The maximum Gasteiger partial charge on any atom is 0.264 e. The van der Waals surface area contributed by atoms with E-state index >= 15 is 0 Å². The van der Waals surface area contributed by atoms with Gasteiger partial charge in [-0.1, -0.05) is 37.6 Å². The molecule has 0 aliphatic rings. The average Bonchev–Trinajstić information content (AvgIpc) is 2.99. The van der Waals surface area contributed by atoms with Gasteiger partial charge in [-0.2, -0.15) is 0 Å². The minimum atomic E-state index is -4.20. The SMILES string of the molecule is CCCNC(=O)C(CC)N(Cc1ccc(OC)cc1)C(=O)CN(c1ccc(Cl)cc1)S(=O)(=O)c1ccc(OC)cc1. The number of rotatable bonds is 14. The van der Waals surface area contributed by atoms with Crippen molar-refractivity contribution < 1.29 is 27.5 Å². The number of halogens is 1. The van der Waals surface area contributed by atoms with Crippen LogP contribution in [0, 0.1) is 0 Å². The predicted molar refractivity (Wildman–Crippen MR) is 160 cm³/mol. The molecule has 1 unspecified atom stereocenters. The second kappa shape index (κ2) is 14.7. The number of sulfonamides is 1. The summed E-state index contributed by atoms with van der Waals surface area (Å²) in [4.78, 5) is 28.6. The summed E-state index contributed by atoms with van der Waals surface area (Å²) in [7, 11) is -1.15. The van der Waals surface area contributed by atoms with Gasteiger partial charge in [-0.3, -0.25) is 13.9 Å². The van der Waals surface area contributed by atoms with Gasteiger partial charge in [0.2, 0.25) is 11.8 Å². The molecule has 1 atom stereocenters. The molecule has 3 aromatic carbocycles. The van der Waals surface area contributed by atoms with Gasteiger partial charge in [0.1, 0.15) is 24.1 Å². The second-order valence-electron chi connectivity index (χ2n) is 9.25. The van der Waals surface area contributed by atoms with E-state index < -0.39 is 28.5 Å². The molecule has 3 aromatic rings. The van der Waals surface area contributed by atoms with Crippen LogP contribution in [0.3, 0.4) is 0 Å². The molecule has 0 aliphatic heterocycles. The Morgan fingerprint density at radius 3 is 1.95 bits per heavy atom. The first-order chi connectivity index (χ1) is 19.6. The summed E-state index contributed by atoms with van der Waals surface area (Å²) >= 11 is 6.08. The highest BCUT2D eigenvalue weighted by Crippen LogP contribution is 2.27. The molecule has 11 heteroatoms. The van der Waals surface area contributed by atoms with Crippen LogP contribution in [0.15, 0.2) is 77.7 Å². The molecule has 2 amide bonds. The van der Waals surface area contributed by atoms with E-state index in [1.54, 1.807) is 43.5 Å². The molecule has 0 saturated carbocycles. The molecule has 0 radical (unpaired) electrons. The van der Waals surface area contributed by atoms with E-state index in [0.29, 0.717) is 29.5 Å². The van der Waals surface area contributed by atoms with Crippen LogP contribution < -0.4 is 19.1 Å². The summed E-state index contributed by atoms with van der Waals surface area (Å²) in [5, 5.41) is 3.29. The summed E-state index contributed by atoms with van der Waals surface area (Å²) < 4.78 is 39.3. The largest absolute Gasteiger partial charge is 0.497 e. The van der Waals surface area contributed by atoms with Crippen LogP contribution in [0.1, 0.15) is 32.3 Å². The van der Waals surface area contributed by atoms with Crippen molar-refractivity contribution in [3.8, 4) is 11.5 Å². The van der Waals surface area contributed by atoms with Crippen LogP contribution >= 0.6 is 11.6 Å². The van der Waals surface area contributed by atoms with Crippen LogP contribution in [0.2, 0.25) is 5.02 Å². The van der Waals surface area contributed by atoms with Gasteiger partial charge < -0.3 is 19.7 Å². The lowest BCUT2D eigenvalue weighted by Crippen LogP contribution is -2.52. The van der Waals surface area contributed by atoms with Crippen molar-refractivity contribution in [1.82, 2.24) is 10.2 Å². The molecular weight excluding hydrogens is 566 g/mol. The standard InChI is InChI=1S/C30H36ClN3O6S/c1-5-19-32-30(36)28(6-2)33(20-22-7-13-25(39-3)14-8-22)29(35)21-34(24-11-9-23(31)10-12-24)41(37,38)27-17-15-26(40-4)16-18-27/h7-18,28H,5-6,19-21H2,1-4H3,(H,32,36). The number of amides is 2. The van der Waals surface area contributed by atoms with Gasteiger partial charge >= 0.3 is 0 Å². The maximum atomic E-state index is 14.0. The number of ether oxygens (including phenoxy) is 2. The quantitative estimate of drug-likeness (QED) is 0.282. The van der Waals surface area contributed by atoms with Gasteiger partial charge in [0.25, 0.3) is 10.0 Å². The van der Waals surface area contributed by atoms with Gasteiger partial charge in [0.15, 0.2) is 0 Å². The predicted octanol–water partition coefficient (Wildman–Crippen LogP) is 4.89. The fourth-order valence-electron chi connectivity index (χ4n) is 4.22. The zero-order valence-corrected chi connectivity index (χ0v) is 25.2. The number of methoxy groups -OCH3 is 2. The van der Waals surface area contributed by atoms with Crippen molar-refractivity contribution in [2.45, 2.75) is 44.2 Å². The van der Waals surface area contributed by atoms with Crippen molar-refractivity contribution in [1.29, 1.82) is 0 Å².